The second-order valence-electron chi connectivity index (χ2n) is 3.82. The van der Waals surface area contributed by atoms with Crippen LogP contribution in [0.15, 0.2) is 10.7 Å². The lowest BCUT2D eigenvalue weighted by Gasteiger charge is -2.09. The fourth-order valence-electron chi connectivity index (χ4n) is 1.47. The maximum Gasteiger partial charge on any atom is 0.291 e. The van der Waals surface area contributed by atoms with E-state index in [0.717, 1.165) is 26.1 Å². The van der Waals surface area contributed by atoms with Crippen molar-refractivity contribution in [3.63, 3.8) is 0 Å². The summed E-state index contributed by atoms with van der Waals surface area (Å²) in [4.78, 5) is 14.4. The molecule has 0 spiro atoms. The van der Waals surface area contributed by atoms with E-state index in [4.69, 9.17) is 0 Å². The summed E-state index contributed by atoms with van der Waals surface area (Å²) in [6.45, 7) is 6.43. The molecule has 0 aliphatic rings. The lowest BCUT2D eigenvalue weighted by Crippen LogP contribution is -2.17. The highest BCUT2D eigenvalue weighted by Crippen LogP contribution is 2.30. The van der Waals surface area contributed by atoms with Crippen molar-refractivity contribution in [3.8, 4) is 0 Å². The standard InChI is InChI=1S/C11H17BrN4O2/c1-3-13-5-4-6-14-11-10(12)8(2)9(7-15-11)16(17)18/h7,13H,3-6H2,1-2H3,(H,14,15). The maximum absolute atomic E-state index is 10.7. The number of nitrogens with zero attached hydrogens (tertiary/aromatic N) is 2. The minimum absolute atomic E-state index is 0.0278. The molecule has 0 aliphatic heterocycles. The summed E-state index contributed by atoms with van der Waals surface area (Å²) in [6, 6.07) is 0. The molecule has 18 heavy (non-hydrogen) atoms. The van der Waals surface area contributed by atoms with Crippen LogP contribution in [0.5, 0.6) is 0 Å². The number of rotatable bonds is 7. The number of halogens is 1. The van der Waals surface area contributed by atoms with Gasteiger partial charge in [0.15, 0.2) is 0 Å². The third kappa shape index (κ3) is 3.92. The number of aromatic nitrogens is 1. The van der Waals surface area contributed by atoms with Crippen LogP contribution in [0.2, 0.25) is 0 Å². The summed E-state index contributed by atoms with van der Waals surface area (Å²) in [6.07, 6.45) is 2.25. The second kappa shape index (κ2) is 7.27. The van der Waals surface area contributed by atoms with Crippen molar-refractivity contribution in [2.24, 2.45) is 0 Å². The van der Waals surface area contributed by atoms with E-state index < -0.39 is 4.92 Å². The van der Waals surface area contributed by atoms with Gasteiger partial charge in [0.25, 0.3) is 5.69 Å². The normalized spacial score (nSPS) is 10.4. The van der Waals surface area contributed by atoms with Gasteiger partial charge in [-0.05, 0) is 42.4 Å². The summed E-state index contributed by atoms with van der Waals surface area (Å²) in [5.41, 5.74) is 0.615. The average Bonchev–Trinajstić information content (AvgIpc) is 2.33. The number of nitrogens with one attached hydrogen (secondary N) is 2. The Morgan fingerprint density at radius 2 is 2.22 bits per heavy atom. The van der Waals surface area contributed by atoms with E-state index in [1.54, 1.807) is 6.92 Å². The molecular weight excluding hydrogens is 300 g/mol. The Kier molecular flexibility index (Phi) is 6.00. The smallest absolute Gasteiger partial charge is 0.291 e. The van der Waals surface area contributed by atoms with Gasteiger partial charge in [0, 0.05) is 12.1 Å². The molecule has 100 valence electrons. The van der Waals surface area contributed by atoms with Gasteiger partial charge in [0.05, 0.1) is 9.40 Å². The average molecular weight is 317 g/mol. The molecular formula is C11H17BrN4O2. The summed E-state index contributed by atoms with van der Waals surface area (Å²) in [5, 5.41) is 17.1. The molecule has 0 bridgehead atoms. The molecule has 0 aromatic carbocycles. The third-order valence-electron chi connectivity index (χ3n) is 2.51. The SMILES string of the molecule is CCNCCCNc1ncc([N+](=O)[O-])c(C)c1Br. The third-order valence-corrected chi connectivity index (χ3v) is 3.48. The lowest BCUT2D eigenvalue weighted by molar-refractivity contribution is -0.385. The first-order valence-electron chi connectivity index (χ1n) is 5.82. The Balaban J connectivity index is 2.62. The zero-order valence-corrected chi connectivity index (χ0v) is 12.1. The second-order valence-corrected chi connectivity index (χ2v) is 4.62. The van der Waals surface area contributed by atoms with Crippen LogP contribution in [-0.2, 0) is 0 Å². The van der Waals surface area contributed by atoms with Gasteiger partial charge < -0.3 is 10.6 Å². The van der Waals surface area contributed by atoms with Gasteiger partial charge in [0.2, 0.25) is 0 Å². The summed E-state index contributed by atoms with van der Waals surface area (Å²) >= 11 is 3.34. The number of nitro groups is 1. The number of anilines is 1. The topological polar surface area (TPSA) is 80.1 Å². The zero-order valence-electron chi connectivity index (χ0n) is 10.5. The molecule has 0 saturated heterocycles. The largest absolute Gasteiger partial charge is 0.369 e. The Bertz CT molecular complexity index is 426. The first kappa shape index (κ1) is 14.8. The van der Waals surface area contributed by atoms with Gasteiger partial charge in [-0.15, -0.1) is 0 Å². The molecule has 0 amide bonds. The van der Waals surface area contributed by atoms with Crippen LogP contribution in [0.25, 0.3) is 0 Å². The van der Waals surface area contributed by atoms with Gasteiger partial charge in [-0.25, -0.2) is 4.98 Å². The highest BCUT2D eigenvalue weighted by molar-refractivity contribution is 9.10. The molecule has 1 aromatic heterocycles. The maximum atomic E-state index is 10.7. The van der Waals surface area contributed by atoms with Crippen LogP contribution in [0.4, 0.5) is 11.5 Å². The van der Waals surface area contributed by atoms with E-state index in [9.17, 15) is 10.1 Å². The molecule has 0 atom stereocenters. The van der Waals surface area contributed by atoms with Gasteiger partial charge in [0.1, 0.15) is 12.0 Å². The minimum Gasteiger partial charge on any atom is -0.369 e. The molecule has 2 N–H and O–H groups in total. The van der Waals surface area contributed by atoms with E-state index >= 15 is 0 Å². The van der Waals surface area contributed by atoms with E-state index in [1.165, 1.54) is 6.20 Å². The van der Waals surface area contributed by atoms with Gasteiger partial charge in [-0.1, -0.05) is 6.92 Å². The van der Waals surface area contributed by atoms with Gasteiger partial charge >= 0.3 is 0 Å². The van der Waals surface area contributed by atoms with Crippen molar-refractivity contribution in [1.29, 1.82) is 0 Å². The molecule has 0 saturated carbocycles. The predicted molar refractivity (Wildman–Crippen MR) is 75.0 cm³/mol. The van der Waals surface area contributed by atoms with Crippen LogP contribution in [0.1, 0.15) is 18.9 Å². The van der Waals surface area contributed by atoms with E-state index in [0.29, 0.717) is 15.9 Å². The quantitative estimate of drug-likeness (QED) is 0.459. The Morgan fingerprint density at radius 3 is 2.83 bits per heavy atom. The van der Waals surface area contributed by atoms with Gasteiger partial charge in [-0.2, -0.15) is 0 Å². The van der Waals surface area contributed by atoms with Crippen molar-refractivity contribution < 1.29 is 4.92 Å². The lowest BCUT2D eigenvalue weighted by atomic mass is 10.2. The Morgan fingerprint density at radius 1 is 1.50 bits per heavy atom. The molecule has 7 heteroatoms. The molecule has 0 aliphatic carbocycles. The van der Waals surface area contributed by atoms with Crippen molar-refractivity contribution in [3.05, 3.63) is 26.3 Å². The van der Waals surface area contributed by atoms with Crippen LogP contribution >= 0.6 is 15.9 Å². The molecule has 0 unspecified atom stereocenters. The van der Waals surface area contributed by atoms with E-state index in [2.05, 4.69) is 38.5 Å². The van der Waals surface area contributed by atoms with Crippen molar-refractivity contribution in [1.82, 2.24) is 10.3 Å². The predicted octanol–water partition coefficient (Wildman–Crippen LogP) is 2.47. The first-order chi connectivity index (χ1) is 8.57. The summed E-state index contributed by atoms with van der Waals surface area (Å²) in [5.74, 6) is 0.648. The summed E-state index contributed by atoms with van der Waals surface area (Å²) < 4.78 is 0.653. The fourth-order valence-corrected chi connectivity index (χ4v) is 1.92. The van der Waals surface area contributed by atoms with Crippen LogP contribution in [-0.4, -0.2) is 29.5 Å². The monoisotopic (exact) mass is 316 g/mol. The van der Waals surface area contributed by atoms with Crippen LogP contribution in [0.3, 0.4) is 0 Å². The summed E-state index contributed by atoms with van der Waals surface area (Å²) in [7, 11) is 0. The van der Waals surface area contributed by atoms with Crippen molar-refractivity contribution in [2.45, 2.75) is 20.3 Å². The molecule has 1 aromatic rings. The zero-order chi connectivity index (χ0) is 13.5. The molecule has 1 rings (SSSR count). The highest BCUT2D eigenvalue weighted by Gasteiger charge is 2.16. The van der Waals surface area contributed by atoms with E-state index in [-0.39, 0.29) is 5.69 Å². The van der Waals surface area contributed by atoms with Gasteiger partial charge in [-0.3, -0.25) is 10.1 Å². The Labute approximate surface area is 114 Å². The molecule has 6 nitrogen and oxygen atoms in total. The minimum atomic E-state index is -0.429. The molecule has 1 heterocycles. The molecule has 0 fully saturated rings. The van der Waals surface area contributed by atoms with Crippen molar-refractivity contribution in [2.75, 3.05) is 25.0 Å². The number of pyridine rings is 1. The van der Waals surface area contributed by atoms with Crippen LogP contribution < -0.4 is 10.6 Å². The molecule has 0 radical (unpaired) electrons. The highest BCUT2D eigenvalue weighted by atomic mass is 79.9. The first-order valence-corrected chi connectivity index (χ1v) is 6.61. The Hall–Kier alpha value is -1.21. The van der Waals surface area contributed by atoms with E-state index in [1.807, 2.05) is 0 Å². The van der Waals surface area contributed by atoms with Crippen LogP contribution in [0, 0.1) is 17.0 Å². The number of hydrogen-bond donors (Lipinski definition) is 2. The van der Waals surface area contributed by atoms with Crippen molar-refractivity contribution >= 4 is 27.4 Å². The fraction of sp³-hybridized carbons (Fsp3) is 0.545. The number of hydrogen-bond acceptors (Lipinski definition) is 5.